The highest BCUT2D eigenvalue weighted by Crippen LogP contribution is 2.32. The van der Waals surface area contributed by atoms with Gasteiger partial charge in [-0.15, -0.1) is 0 Å². The standard InChI is InChI=1S/C14H21NS/c1-3-13-14(12-7-5-4-6-8-12)15-9-11(2)10-16-13/h4-8,11,13-15H,3,9-10H2,1-2H3. The SMILES string of the molecule is CCC1SCC(C)CNC1c1ccccc1. The summed E-state index contributed by atoms with van der Waals surface area (Å²) in [7, 11) is 0. The van der Waals surface area contributed by atoms with Crippen LogP contribution in [0, 0.1) is 5.92 Å². The molecule has 0 spiro atoms. The summed E-state index contributed by atoms with van der Waals surface area (Å²) in [6.45, 7) is 5.77. The summed E-state index contributed by atoms with van der Waals surface area (Å²) >= 11 is 2.13. The predicted molar refractivity (Wildman–Crippen MR) is 72.9 cm³/mol. The molecule has 1 N–H and O–H groups in total. The van der Waals surface area contributed by atoms with Gasteiger partial charge in [-0.3, -0.25) is 0 Å². The molecule has 1 aromatic carbocycles. The summed E-state index contributed by atoms with van der Waals surface area (Å²) in [5.41, 5.74) is 1.44. The number of hydrogen-bond donors (Lipinski definition) is 1. The summed E-state index contributed by atoms with van der Waals surface area (Å²) in [6.07, 6.45) is 1.24. The zero-order chi connectivity index (χ0) is 11.4. The molecule has 1 fully saturated rings. The number of benzene rings is 1. The van der Waals surface area contributed by atoms with E-state index in [0.717, 1.165) is 12.5 Å². The Bertz CT molecular complexity index is 312. The van der Waals surface area contributed by atoms with E-state index in [2.05, 4.69) is 61.3 Å². The molecule has 0 amide bonds. The first-order chi connectivity index (χ1) is 7.81. The molecule has 1 aromatic rings. The molecule has 1 aliphatic heterocycles. The Morgan fingerprint density at radius 3 is 2.75 bits per heavy atom. The summed E-state index contributed by atoms with van der Waals surface area (Å²) < 4.78 is 0. The van der Waals surface area contributed by atoms with Crippen molar-refractivity contribution in [3.8, 4) is 0 Å². The molecule has 1 aliphatic rings. The van der Waals surface area contributed by atoms with Crippen LogP contribution in [-0.2, 0) is 0 Å². The van der Waals surface area contributed by atoms with Gasteiger partial charge in [0.2, 0.25) is 0 Å². The van der Waals surface area contributed by atoms with Gasteiger partial charge in [0.1, 0.15) is 0 Å². The number of hydrogen-bond acceptors (Lipinski definition) is 2. The molecule has 0 saturated carbocycles. The average Bonchev–Trinajstić information content (AvgIpc) is 2.52. The van der Waals surface area contributed by atoms with Crippen LogP contribution in [0.15, 0.2) is 30.3 Å². The van der Waals surface area contributed by atoms with Crippen LogP contribution in [0.2, 0.25) is 0 Å². The van der Waals surface area contributed by atoms with Gasteiger partial charge in [0.05, 0.1) is 0 Å². The van der Waals surface area contributed by atoms with E-state index in [0.29, 0.717) is 11.3 Å². The molecule has 16 heavy (non-hydrogen) atoms. The molecule has 2 rings (SSSR count). The minimum atomic E-state index is 0.529. The molecule has 0 bridgehead atoms. The molecule has 0 aromatic heterocycles. The van der Waals surface area contributed by atoms with Crippen LogP contribution in [0.1, 0.15) is 31.9 Å². The molecule has 1 heterocycles. The molecule has 3 atom stereocenters. The largest absolute Gasteiger partial charge is 0.309 e. The number of rotatable bonds is 2. The fraction of sp³-hybridized carbons (Fsp3) is 0.571. The topological polar surface area (TPSA) is 12.0 Å². The van der Waals surface area contributed by atoms with Crippen molar-refractivity contribution in [1.82, 2.24) is 5.32 Å². The van der Waals surface area contributed by atoms with Gasteiger partial charge in [-0.1, -0.05) is 44.2 Å². The van der Waals surface area contributed by atoms with Gasteiger partial charge in [0.25, 0.3) is 0 Å². The number of nitrogens with one attached hydrogen (secondary N) is 1. The van der Waals surface area contributed by atoms with Crippen LogP contribution in [-0.4, -0.2) is 17.5 Å². The third-order valence-corrected chi connectivity index (χ3v) is 5.01. The Morgan fingerprint density at radius 2 is 2.06 bits per heavy atom. The van der Waals surface area contributed by atoms with Crippen LogP contribution in [0.25, 0.3) is 0 Å². The Labute approximate surface area is 103 Å². The molecular formula is C14H21NS. The highest BCUT2D eigenvalue weighted by atomic mass is 32.2. The fourth-order valence-electron chi connectivity index (χ4n) is 2.25. The van der Waals surface area contributed by atoms with Gasteiger partial charge in [-0.25, -0.2) is 0 Å². The predicted octanol–water partition coefficient (Wildman–Crippen LogP) is 3.48. The van der Waals surface area contributed by atoms with Crippen LogP contribution < -0.4 is 5.32 Å². The summed E-state index contributed by atoms with van der Waals surface area (Å²) in [5.74, 6) is 2.07. The minimum Gasteiger partial charge on any atom is -0.309 e. The van der Waals surface area contributed by atoms with Crippen molar-refractivity contribution in [3.05, 3.63) is 35.9 Å². The van der Waals surface area contributed by atoms with Gasteiger partial charge in [-0.2, -0.15) is 11.8 Å². The van der Waals surface area contributed by atoms with Crippen LogP contribution >= 0.6 is 11.8 Å². The maximum absolute atomic E-state index is 3.73. The monoisotopic (exact) mass is 235 g/mol. The molecular weight excluding hydrogens is 214 g/mol. The average molecular weight is 235 g/mol. The van der Waals surface area contributed by atoms with E-state index in [4.69, 9.17) is 0 Å². The van der Waals surface area contributed by atoms with E-state index in [1.54, 1.807) is 0 Å². The molecule has 88 valence electrons. The van der Waals surface area contributed by atoms with Crippen molar-refractivity contribution in [3.63, 3.8) is 0 Å². The molecule has 2 heteroatoms. The molecule has 1 saturated heterocycles. The summed E-state index contributed by atoms with van der Waals surface area (Å²) in [5, 5.41) is 4.44. The highest BCUT2D eigenvalue weighted by molar-refractivity contribution is 7.99. The second kappa shape index (κ2) is 5.74. The van der Waals surface area contributed by atoms with Crippen LogP contribution in [0.4, 0.5) is 0 Å². The fourth-order valence-corrected chi connectivity index (χ4v) is 3.62. The van der Waals surface area contributed by atoms with E-state index < -0.39 is 0 Å². The van der Waals surface area contributed by atoms with Crippen LogP contribution in [0.3, 0.4) is 0 Å². The van der Waals surface area contributed by atoms with Crippen molar-refractivity contribution in [2.75, 3.05) is 12.3 Å². The van der Waals surface area contributed by atoms with E-state index in [1.807, 2.05) is 0 Å². The lowest BCUT2D eigenvalue weighted by Crippen LogP contribution is -2.30. The van der Waals surface area contributed by atoms with E-state index in [1.165, 1.54) is 17.7 Å². The van der Waals surface area contributed by atoms with Gasteiger partial charge in [0, 0.05) is 11.3 Å². The first kappa shape index (κ1) is 12.0. The number of thioether (sulfide) groups is 1. The van der Waals surface area contributed by atoms with Gasteiger partial charge >= 0.3 is 0 Å². The van der Waals surface area contributed by atoms with E-state index in [-0.39, 0.29) is 0 Å². The molecule has 0 radical (unpaired) electrons. The lowest BCUT2D eigenvalue weighted by atomic mass is 10.0. The van der Waals surface area contributed by atoms with Crippen molar-refractivity contribution in [1.29, 1.82) is 0 Å². The third kappa shape index (κ3) is 2.80. The Kier molecular flexibility index (Phi) is 4.30. The summed E-state index contributed by atoms with van der Waals surface area (Å²) in [6, 6.07) is 11.4. The quantitative estimate of drug-likeness (QED) is 0.842. The van der Waals surface area contributed by atoms with Crippen molar-refractivity contribution >= 4 is 11.8 Å². The first-order valence-corrected chi connectivity index (χ1v) is 7.26. The van der Waals surface area contributed by atoms with Gasteiger partial charge in [0.15, 0.2) is 0 Å². The molecule has 0 aliphatic carbocycles. The van der Waals surface area contributed by atoms with Crippen molar-refractivity contribution in [2.45, 2.75) is 31.6 Å². The van der Waals surface area contributed by atoms with E-state index >= 15 is 0 Å². The Hall–Kier alpha value is -0.470. The third-order valence-electron chi connectivity index (χ3n) is 3.21. The van der Waals surface area contributed by atoms with Crippen molar-refractivity contribution in [2.24, 2.45) is 5.92 Å². The Morgan fingerprint density at radius 1 is 1.31 bits per heavy atom. The van der Waals surface area contributed by atoms with Gasteiger partial charge in [-0.05, 0) is 30.2 Å². The maximum atomic E-state index is 3.73. The molecule has 3 unspecified atom stereocenters. The van der Waals surface area contributed by atoms with E-state index in [9.17, 15) is 0 Å². The zero-order valence-corrected chi connectivity index (χ0v) is 11.0. The minimum absolute atomic E-state index is 0.529. The lowest BCUT2D eigenvalue weighted by Gasteiger charge is -2.24. The summed E-state index contributed by atoms with van der Waals surface area (Å²) in [4.78, 5) is 0. The van der Waals surface area contributed by atoms with Crippen LogP contribution in [0.5, 0.6) is 0 Å². The maximum Gasteiger partial charge on any atom is 0.0440 e. The second-order valence-electron chi connectivity index (χ2n) is 4.68. The Balaban J connectivity index is 2.16. The zero-order valence-electron chi connectivity index (χ0n) is 10.1. The molecule has 1 nitrogen and oxygen atoms in total. The lowest BCUT2D eigenvalue weighted by molar-refractivity contribution is 0.476. The normalized spacial score (nSPS) is 31.0. The highest BCUT2D eigenvalue weighted by Gasteiger charge is 2.25. The second-order valence-corrected chi connectivity index (χ2v) is 5.95. The van der Waals surface area contributed by atoms with Gasteiger partial charge < -0.3 is 5.32 Å². The smallest absolute Gasteiger partial charge is 0.0440 e. The first-order valence-electron chi connectivity index (χ1n) is 6.21. The van der Waals surface area contributed by atoms with Crippen molar-refractivity contribution < 1.29 is 0 Å².